The number of esters is 1. The van der Waals surface area contributed by atoms with Gasteiger partial charge in [-0.25, -0.2) is 14.2 Å². The van der Waals surface area contributed by atoms with Crippen LogP contribution in [0.15, 0.2) is 64.8 Å². The lowest BCUT2D eigenvalue weighted by molar-refractivity contribution is -0.130. The number of hydrogen-bond acceptors (Lipinski definition) is 5. The number of ether oxygens (including phenoxy) is 3. The maximum Gasteiger partial charge on any atom is 0.363 e. The van der Waals surface area contributed by atoms with Crippen molar-refractivity contribution in [1.29, 1.82) is 0 Å². The second-order valence-corrected chi connectivity index (χ2v) is 5.75. The third-order valence-corrected chi connectivity index (χ3v) is 3.99. The van der Waals surface area contributed by atoms with Crippen LogP contribution in [0.4, 0.5) is 4.39 Å². The van der Waals surface area contributed by atoms with Crippen molar-refractivity contribution in [3.63, 3.8) is 0 Å². The predicted octanol–water partition coefficient (Wildman–Crippen LogP) is 3.50. The van der Waals surface area contributed by atoms with E-state index in [-0.39, 0.29) is 17.4 Å². The van der Waals surface area contributed by atoms with Crippen molar-refractivity contribution in [2.45, 2.75) is 0 Å². The summed E-state index contributed by atoms with van der Waals surface area (Å²) >= 11 is 0. The van der Waals surface area contributed by atoms with E-state index in [0.29, 0.717) is 17.9 Å². The van der Waals surface area contributed by atoms with E-state index in [1.165, 1.54) is 24.3 Å². The molecule has 0 saturated heterocycles. The number of fused-ring (bicyclic) bond motifs is 1. The molecule has 6 heteroatoms. The number of carbonyl (C=O) groups is 1. The summed E-state index contributed by atoms with van der Waals surface area (Å²) < 4.78 is 29.1. The fourth-order valence-corrected chi connectivity index (χ4v) is 2.67. The zero-order valence-electron chi connectivity index (χ0n) is 13.9. The molecule has 2 aliphatic heterocycles. The van der Waals surface area contributed by atoms with E-state index in [1.807, 2.05) is 24.3 Å². The molecular weight excluding hydrogens is 337 g/mol. The number of methoxy groups -OCH3 is 1. The number of benzene rings is 2. The van der Waals surface area contributed by atoms with Crippen molar-refractivity contribution in [3.8, 4) is 11.5 Å². The first-order valence-electron chi connectivity index (χ1n) is 7.92. The van der Waals surface area contributed by atoms with Gasteiger partial charge in [0.2, 0.25) is 5.90 Å². The molecule has 5 nitrogen and oxygen atoms in total. The summed E-state index contributed by atoms with van der Waals surface area (Å²) in [6.07, 6.45) is 3.55. The molecule has 2 heterocycles. The number of hydrogen-bond donors (Lipinski definition) is 0. The summed E-state index contributed by atoms with van der Waals surface area (Å²) in [5.74, 6) is 0.673. The van der Waals surface area contributed by atoms with Crippen LogP contribution in [0.2, 0.25) is 0 Å². The molecule has 130 valence electrons. The van der Waals surface area contributed by atoms with Gasteiger partial charge in [-0.2, -0.15) is 0 Å². The second-order valence-electron chi connectivity index (χ2n) is 5.75. The molecule has 2 aliphatic rings. The summed E-state index contributed by atoms with van der Waals surface area (Å²) in [4.78, 5) is 16.3. The molecule has 4 rings (SSSR count). The number of carbonyl (C=O) groups excluding carboxylic acids is 1. The van der Waals surface area contributed by atoms with E-state index < -0.39 is 5.97 Å². The zero-order chi connectivity index (χ0) is 18.1. The molecule has 0 unspecified atom stereocenters. The van der Waals surface area contributed by atoms with E-state index in [9.17, 15) is 9.18 Å². The summed E-state index contributed by atoms with van der Waals surface area (Å²) in [5, 5.41) is 0. The third kappa shape index (κ3) is 3.09. The van der Waals surface area contributed by atoms with E-state index >= 15 is 0 Å². The normalized spacial score (nSPS) is 17.2. The van der Waals surface area contributed by atoms with E-state index in [2.05, 4.69) is 4.99 Å². The van der Waals surface area contributed by atoms with Gasteiger partial charge < -0.3 is 14.2 Å². The van der Waals surface area contributed by atoms with Gasteiger partial charge in [-0.1, -0.05) is 0 Å². The van der Waals surface area contributed by atoms with Gasteiger partial charge in [-0.15, -0.1) is 0 Å². The van der Waals surface area contributed by atoms with Crippen LogP contribution in [0.3, 0.4) is 0 Å². The minimum absolute atomic E-state index is 0.156. The van der Waals surface area contributed by atoms with Crippen LogP contribution in [0.25, 0.3) is 6.08 Å². The molecule has 0 atom stereocenters. The Morgan fingerprint density at radius 1 is 1.19 bits per heavy atom. The van der Waals surface area contributed by atoms with E-state index in [4.69, 9.17) is 14.2 Å². The smallest absolute Gasteiger partial charge is 0.363 e. The van der Waals surface area contributed by atoms with Gasteiger partial charge in [0, 0.05) is 17.2 Å². The molecule has 0 N–H and O–H groups in total. The molecule has 2 aromatic rings. The second kappa shape index (κ2) is 6.48. The van der Waals surface area contributed by atoms with Crippen molar-refractivity contribution >= 4 is 17.9 Å². The molecule has 0 aliphatic carbocycles. The predicted molar refractivity (Wildman–Crippen MR) is 93.6 cm³/mol. The first kappa shape index (κ1) is 16.1. The Kier molecular flexibility index (Phi) is 4.01. The summed E-state index contributed by atoms with van der Waals surface area (Å²) in [6.45, 7) is 0.304. The Morgan fingerprint density at radius 2 is 2.00 bits per heavy atom. The Balaban J connectivity index is 1.62. The van der Waals surface area contributed by atoms with Gasteiger partial charge in [-0.3, -0.25) is 0 Å². The number of aliphatic imine (C=N–C) groups is 1. The third-order valence-electron chi connectivity index (χ3n) is 3.99. The number of rotatable bonds is 3. The first-order valence-corrected chi connectivity index (χ1v) is 7.92. The van der Waals surface area contributed by atoms with Gasteiger partial charge in [0.25, 0.3) is 0 Å². The molecule has 0 bridgehead atoms. The molecule has 0 spiro atoms. The molecule has 0 amide bonds. The van der Waals surface area contributed by atoms with Crippen molar-refractivity contribution in [2.75, 3.05) is 13.7 Å². The SMILES string of the molecule is COc1ccc2c(c1)OCC(/C=C1\N=C(c3ccc(F)cc3)OC1=O)=C2. The average molecular weight is 351 g/mol. The highest BCUT2D eigenvalue weighted by Gasteiger charge is 2.25. The summed E-state index contributed by atoms with van der Waals surface area (Å²) in [5.41, 5.74) is 2.39. The fraction of sp³-hybridized carbons (Fsp3) is 0.100. The molecule has 0 radical (unpaired) electrons. The Bertz CT molecular complexity index is 974. The highest BCUT2D eigenvalue weighted by Crippen LogP contribution is 2.31. The van der Waals surface area contributed by atoms with Crippen molar-refractivity contribution < 1.29 is 23.4 Å². The lowest BCUT2D eigenvalue weighted by Crippen LogP contribution is -2.08. The minimum atomic E-state index is -0.550. The fourth-order valence-electron chi connectivity index (χ4n) is 2.67. The first-order chi connectivity index (χ1) is 12.6. The van der Waals surface area contributed by atoms with Gasteiger partial charge in [-0.05, 0) is 54.1 Å². The molecule has 26 heavy (non-hydrogen) atoms. The molecule has 0 aromatic heterocycles. The Hall–Kier alpha value is -3.41. The van der Waals surface area contributed by atoms with Crippen LogP contribution in [0.5, 0.6) is 11.5 Å². The van der Waals surface area contributed by atoms with Crippen molar-refractivity contribution in [2.24, 2.45) is 4.99 Å². The maximum atomic E-state index is 13.0. The molecular formula is C20H14FNO4. The zero-order valence-corrected chi connectivity index (χ0v) is 13.9. The molecule has 0 fully saturated rings. The molecule has 2 aromatic carbocycles. The lowest BCUT2D eigenvalue weighted by Gasteiger charge is -2.16. The Labute approximate surface area is 149 Å². The van der Waals surface area contributed by atoms with Crippen molar-refractivity contribution in [3.05, 3.63) is 76.8 Å². The largest absolute Gasteiger partial charge is 0.497 e. The quantitative estimate of drug-likeness (QED) is 0.627. The number of cyclic esters (lactones) is 1. The number of halogens is 1. The number of nitrogens with zero attached hydrogens (tertiary/aromatic N) is 1. The van der Waals surface area contributed by atoms with Crippen LogP contribution < -0.4 is 9.47 Å². The van der Waals surface area contributed by atoms with Crippen LogP contribution >= 0.6 is 0 Å². The van der Waals surface area contributed by atoms with E-state index in [0.717, 1.165) is 16.9 Å². The van der Waals surface area contributed by atoms with Crippen LogP contribution in [-0.2, 0) is 9.53 Å². The highest BCUT2D eigenvalue weighted by atomic mass is 19.1. The van der Waals surface area contributed by atoms with Gasteiger partial charge in [0.1, 0.15) is 23.9 Å². The van der Waals surface area contributed by atoms with Gasteiger partial charge >= 0.3 is 5.97 Å². The minimum Gasteiger partial charge on any atom is -0.497 e. The topological polar surface area (TPSA) is 57.1 Å². The summed E-state index contributed by atoms with van der Waals surface area (Å²) in [7, 11) is 1.60. The van der Waals surface area contributed by atoms with Gasteiger partial charge in [0.15, 0.2) is 5.70 Å². The van der Waals surface area contributed by atoms with Crippen molar-refractivity contribution in [1.82, 2.24) is 0 Å². The Morgan fingerprint density at radius 3 is 2.77 bits per heavy atom. The van der Waals surface area contributed by atoms with Gasteiger partial charge in [0.05, 0.1) is 7.11 Å². The molecule has 0 saturated carbocycles. The lowest BCUT2D eigenvalue weighted by atomic mass is 10.1. The van der Waals surface area contributed by atoms with Crippen LogP contribution in [-0.4, -0.2) is 25.6 Å². The summed E-state index contributed by atoms with van der Waals surface area (Å²) in [6, 6.07) is 11.1. The monoisotopic (exact) mass is 351 g/mol. The van der Waals surface area contributed by atoms with E-state index in [1.54, 1.807) is 13.2 Å². The maximum absolute atomic E-state index is 13.0. The standard InChI is InChI=1S/C20H14FNO4/c1-24-16-7-4-14-8-12(11-25-18(14)10-16)9-17-20(23)26-19(22-17)13-2-5-15(21)6-3-13/h2-10H,11H2,1H3/b17-9-. The van der Waals surface area contributed by atoms with Crippen LogP contribution in [0.1, 0.15) is 11.1 Å². The van der Waals surface area contributed by atoms with Crippen LogP contribution in [0, 0.1) is 5.82 Å². The average Bonchev–Trinajstić information content (AvgIpc) is 3.02. The highest BCUT2D eigenvalue weighted by molar-refractivity contribution is 6.11.